The molecule has 0 fully saturated rings. The summed E-state index contributed by atoms with van der Waals surface area (Å²) in [5, 5.41) is 6.06. The molecule has 1 aromatic heterocycles. The van der Waals surface area contributed by atoms with Crippen molar-refractivity contribution in [3.05, 3.63) is 47.9 Å². The maximum Gasteiger partial charge on any atom is 0.271 e. The van der Waals surface area contributed by atoms with Crippen molar-refractivity contribution in [2.75, 3.05) is 46.2 Å². The van der Waals surface area contributed by atoms with Crippen LogP contribution in [0.1, 0.15) is 22.5 Å². The molecule has 7 nitrogen and oxygen atoms in total. The average molecular weight is 357 g/mol. The van der Waals surface area contributed by atoms with Crippen molar-refractivity contribution < 1.29 is 9.53 Å². The molecule has 7 heteroatoms. The highest BCUT2D eigenvalue weighted by molar-refractivity contribution is 5.91. The van der Waals surface area contributed by atoms with Gasteiger partial charge in [0, 0.05) is 13.1 Å². The van der Waals surface area contributed by atoms with Gasteiger partial charge in [0.05, 0.1) is 19.5 Å². The second-order valence-electron chi connectivity index (χ2n) is 6.22. The number of benzene rings is 1. The van der Waals surface area contributed by atoms with Crippen LogP contribution in [0.25, 0.3) is 0 Å². The van der Waals surface area contributed by atoms with E-state index in [1.165, 1.54) is 11.8 Å². The molecule has 2 rings (SSSR count). The highest BCUT2D eigenvalue weighted by atomic mass is 16.5. The van der Waals surface area contributed by atoms with Gasteiger partial charge < -0.3 is 20.3 Å². The number of rotatable bonds is 10. The number of amides is 1. The van der Waals surface area contributed by atoms with Crippen molar-refractivity contribution in [2.45, 2.75) is 12.8 Å². The molecule has 0 saturated heterocycles. The summed E-state index contributed by atoms with van der Waals surface area (Å²) in [6.45, 7) is 2.29. The molecule has 1 amide bonds. The Morgan fingerprint density at radius 3 is 2.50 bits per heavy atom. The zero-order valence-electron chi connectivity index (χ0n) is 15.7. The normalized spacial score (nSPS) is 10.6. The topological polar surface area (TPSA) is 79.4 Å². The molecule has 0 bridgehead atoms. The Bertz CT molecular complexity index is 671. The first kappa shape index (κ1) is 19.7. The first-order chi connectivity index (χ1) is 12.6. The van der Waals surface area contributed by atoms with Crippen LogP contribution in [-0.4, -0.2) is 61.6 Å². The molecular weight excluding hydrogens is 330 g/mol. The molecule has 26 heavy (non-hydrogen) atoms. The van der Waals surface area contributed by atoms with Gasteiger partial charge in [0.2, 0.25) is 0 Å². The minimum absolute atomic E-state index is 0.193. The quantitative estimate of drug-likeness (QED) is 0.632. The van der Waals surface area contributed by atoms with E-state index in [4.69, 9.17) is 4.74 Å². The van der Waals surface area contributed by atoms with Crippen LogP contribution in [0.2, 0.25) is 0 Å². The van der Waals surface area contributed by atoms with Gasteiger partial charge in [-0.25, -0.2) is 9.97 Å². The summed E-state index contributed by atoms with van der Waals surface area (Å²) in [7, 11) is 5.67. The van der Waals surface area contributed by atoms with Crippen molar-refractivity contribution in [3.63, 3.8) is 0 Å². The van der Waals surface area contributed by atoms with Crippen LogP contribution in [0.15, 0.2) is 36.7 Å². The molecule has 0 unspecified atom stereocenters. The molecule has 1 heterocycles. The first-order valence-electron chi connectivity index (χ1n) is 8.70. The number of carbonyl (C=O) groups excluding carboxylic acids is 1. The molecule has 2 N–H and O–H groups in total. The molecule has 0 aliphatic rings. The van der Waals surface area contributed by atoms with E-state index in [0.717, 1.165) is 31.7 Å². The third-order valence-corrected chi connectivity index (χ3v) is 3.83. The first-order valence-corrected chi connectivity index (χ1v) is 8.70. The molecule has 0 radical (unpaired) electrons. The van der Waals surface area contributed by atoms with Crippen molar-refractivity contribution in [3.8, 4) is 5.75 Å². The van der Waals surface area contributed by atoms with E-state index in [2.05, 4.69) is 25.5 Å². The zero-order chi connectivity index (χ0) is 18.8. The molecule has 0 spiro atoms. The van der Waals surface area contributed by atoms with Gasteiger partial charge in [-0.1, -0.05) is 12.1 Å². The van der Waals surface area contributed by atoms with Gasteiger partial charge in [-0.3, -0.25) is 4.79 Å². The smallest absolute Gasteiger partial charge is 0.271 e. The molecule has 0 saturated carbocycles. The van der Waals surface area contributed by atoms with Gasteiger partial charge in [-0.05, 0) is 51.2 Å². The largest absolute Gasteiger partial charge is 0.497 e. The van der Waals surface area contributed by atoms with E-state index in [0.29, 0.717) is 18.1 Å². The number of nitrogens with one attached hydrogen (secondary N) is 2. The van der Waals surface area contributed by atoms with Crippen molar-refractivity contribution in [1.29, 1.82) is 0 Å². The number of nitrogens with zero attached hydrogens (tertiary/aromatic N) is 3. The number of aromatic nitrogens is 2. The summed E-state index contributed by atoms with van der Waals surface area (Å²) in [5.41, 5.74) is 1.54. The molecule has 0 aliphatic carbocycles. The highest BCUT2D eigenvalue weighted by Gasteiger charge is 2.07. The van der Waals surface area contributed by atoms with E-state index in [9.17, 15) is 4.79 Å². The van der Waals surface area contributed by atoms with Gasteiger partial charge in [0.15, 0.2) is 0 Å². The van der Waals surface area contributed by atoms with E-state index >= 15 is 0 Å². The van der Waals surface area contributed by atoms with Crippen LogP contribution in [0.4, 0.5) is 5.82 Å². The predicted octanol–water partition coefficient (Wildman–Crippen LogP) is 1.82. The van der Waals surface area contributed by atoms with Gasteiger partial charge >= 0.3 is 0 Å². The maximum absolute atomic E-state index is 12.0. The van der Waals surface area contributed by atoms with Crippen LogP contribution in [-0.2, 0) is 6.42 Å². The second kappa shape index (κ2) is 10.4. The summed E-state index contributed by atoms with van der Waals surface area (Å²) >= 11 is 0. The standard InChI is InChI=1S/C19H27N5O2/c1-24(2)12-4-10-21-19(25)17-13-23-18(14-22-17)20-11-9-15-5-7-16(26-3)8-6-15/h5-8,13-14H,4,9-12H2,1-3H3,(H,20,23)(H,21,25). The van der Waals surface area contributed by atoms with Gasteiger partial charge in [-0.2, -0.15) is 0 Å². The second-order valence-corrected chi connectivity index (χ2v) is 6.22. The lowest BCUT2D eigenvalue weighted by molar-refractivity contribution is 0.0947. The maximum atomic E-state index is 12.0. The number of hydrogen-bond donors (Lipinski definition) is 2. The summed E-state index contributed by atoms with van der Waals surface area (Å²) in [4.78, 5) is 22.5. The molecule has 2 aromatic rings. The Hall–Kier alpha value is -2.67. The lowest BCUT2D eigenvalue weighted by atomic mass is 10.1. The predicted molar refractivity (Wildman–Crippen MR) is 103 cm³/mol. The molecule has 1 aromatic carbocycles. The fourth-order valence-corrected chi connectivity index (χ4v) is 2.35. The monoisotopic (exact) mass is 357 g/mol. The molecule has 140 valence electrons. The Labute approximate surface area is 154 Å². The zero-order valence-corrected chi connectivity index (χ0v) is 15.7. The van der Waals surface area contributed by atoms with Gasteiger partial charge in [0.25, 0.3) is 5.91 Å². The van der Waals surface area contributed by atoms with E-state index in [1.807, 2.05) is 38.4 Å². The SMILES string of the molecule is COc1ccc(CCNc2cnc(C(=O)NCCCN(C)C)cn2)cc1. The summed E-state index contributed by atoms with van der Waals surface area (Å²) < 4.78 is 5.15. The van der Waals surface area contributed by atoms with Crippen molar-refractivity contribution in [2.24, 2.45) is 0 Å². The number of hydrogen-bond acceptors (Lipinski definition) is 6. The minimum Gasteiger partial charge on any atom is -0.497 e. The third kappa shape index (κ3) is 6.68. The Kier molecular flexibility index (Phi) is 7.82. The highest BCUT2D eigenvalue weighted by Crippen LogP contribution is 2.11. The van der Waals surface area contributed by atoms with Gasteiger partial charge in [0.1, 0.15) is 17.3 Å². The number of anilines is 1. The third-order valence-electron chi connectivity index (χ3n) is 3.83. The lowest BCUT2D eigenvalue weighted by Crippen LogP contribution is -2.27. The number of ether oxygens (including phenoxy) is 1. The summed E-state index contributed by atoms with van der Waals surface area (Å²) in [5.74, 6) is 1.31. The number of methoxy groups -OCH3 is 1. The number of carbonyl (C=O) groups is 1. The van der Waals surface area contributed by atoms with E-state index in [1.54, 1.807) is 13.3 Å². The van der Waals surface area contributed by atoms with E-state index < -0.39 is 0 Å². The van der Waals surface area contributed by atoms with Crippen LogP contribution >= 0.6 is 0 Å². The van der Waals surface area contributed by atoms with E-state index in [-0.39, 0.29) is 5.91 Å². The van der Waals surface area contributed by atoms with Crippen LogP contribution in [0.3, 0.4) is 0 Å². The average Bonchev–Trinajstić information content (AvgIpc) is 2.66. The summed E-state index contributed by atoms with van der Waals surface area (Å²) in [6.07, 6.45) is 4.84. The molecule has 0 atom stereocenters. The Balaban J connectivity index is 1.73. The van der Waals surface area contributed by atoms with Crippen LogP contribution in [0, 0.1) is 0 Å². The van der Waals surface area contributed by atoms with Crippen molar-refractivity contribution >= 4 is 11.7 Å². The molecular formula is C19H27N5O2. The molecule has 0 aliphatic heterocycles. The fourth-order valence-electron chi connectivity index (χ4n) is 2.35. The van der Waals surface area contributed by atoms with Crippen molar-refractivity contribution in [1.82, 2.24) is 20.2 Å². The Morgan fingerprint density at radius 1 is 1.12 bits per heavy atom. The summed E-state index contributed by atoms with van der Waals surface area (Å²) in [6, 6.07) is 7.97. The van der Waals surface area contributed by atoms with Crippen LogP contribution in [0.5, 0.6) is 5.75 Å². The fraction of sp³-hybridized carbons (Fsp3) is 0.421. The minimum atomic E-state index is -0.193. The van der Waals surface area contributed by atoms with Gasteiger partial charge in [-0.15, -0.1) is 0 Å². The van der Waals surface area contributed by atoms with Crippen LogP contribution < -0.4 is 15.4 Å². The Morgan fingerprint density at radius 2 is 1.88 bits per heavy atom. The lowest BCUT2D eigenvalue weighted by Gasteiger charge is -2.10.